The Morgan fingerprint density at radius 2 is 1.81 bits per heavy atom. The fraction of sp³-hybridized carbons (Fsp3) is 0.412. The largest absolute Gasteiger partial charge is 0.297 e. The molecule has 1 aliphatic heterocycles. The average Bonchev–Trinajstić information content (AvgIpc) is 2.52. The maximum absolute atomic E-state index is 4.29. The number of piperazine rings is 1. The van der Waals surface area contributed by atoms with Crippen LogP contribution in [0.15, 0.2) is 42.7 Å². The number of rotatable bonds is 3. The topological polar surface area (TPSA) is 32.3 Å². The van der Waals surface area contributed by atoms with Crippen LogP contribution >= 0.6 is 0 Å². The fourth-order valence-corrected chi connectivity index (χ4v) is 2.87. The van der Waals surface area contributed by atoms with Gasteiger partial charge in [-0.15, -0.1) is 0 Å². The van der Waals surface area contributed by atoms with E-state index in [4.69, 9.17) is 0 Å². The zero-order chi connectivity index (χ0) is 14.7. The Balaban J connectivity index is 1.69. The zero-order valence-corrected chi connectivity index (χ0v) is 12.7. The quantitative estimate of drug-likeness (QED) is 0.864. The summed E-state index contributed by atoms with van der Waals surface area (Å²) in [7, 11) is 2.21. The van der Waals surface area contributed by atoms with Gasteiger partial charge in [0, 0.05) is 50.2 Å². The maximum Gasteiger partial charge on any atom is 0.125 e. The monoisotopic (exact) mass is 282 g/mol. The van der Waals surface area contributed by atoms with E-state index >= 15 is 0 Å². The number of likely N-dealkylation sites (N-methyl/N-ethyl adjacent to an activating group) is 1. The van der Waals surface area contributed by atoms with Crippen molar-refractivity contribution in [3.63, 3.8) is 0 Å². The average molecular weight is 282 g/mol. The molecular weight excluding hydrogens is 260 g/mol. The number of aryl methyl sites for hydroxylation is 1. The molecule has 4 nitrogen and oxygen atoms in total. The molecule has 3 rings (SSSR count). The van der Waals surface area contributed by atoms with Crippen LogP contribution in [0.25, 0.3) is 0 Å². The number of benzene rings is 1. The van der Waals surface area contributed by atoms with E-state index in [9.17, 15) is 0 Å². The van der Waals surface area contributed by atoms with Crippen LogP contribution in [-0.4, -0.2) is 46.4 Å². The van der Waals surface area contributed by atoms with Crippen LogP contribution in [0.3, 0.4) is 0 Å². The summed E-state index contributed by atoms with van der Waals surface area (Å²) in [5, 5.41) is 0. The predicted molar refractivity (Wildman–Crippen MR) is 83.9 cm³/mol. The molecule has 2 heterocycles. The van der Waals surface area contributed by atoms with Gasteiger partial charge in [-0.25, -0.2) is 9.97 Å². The first kappa shape index (κ1) is 14.2. The Labute approximate surface area is 126 Å². The Hall–Kier alpha value is -1.78. The highest BCUT2D eigenvalue weighted by Crippen LogP contribution is 2.24. The van der Waals surface area contributed by atoms with E-state index in [0.29, 0.717) is 6.04 Å². The second-order valence-corrected chi connectivity index (χ2v) is 5.78. The summed E-state index contributed by atoms with van der Waals surface area (Å²) in [5.74, 6) is 0.833. The number of aromatic nitrogens is 2. The van der Waals surface area contributed by atoms with Gasteiger partial charge in [-0.3, -0.25) is 9.80 Å². The molecule has 0 saturated carbocycles. The van der Waals surface area contributed by atoms with Crippen molar-refractivity contribution in [2.45, 2.75) is 19.5 Å². The Kier molecular flexibility index (Phi) is 4.27. The molecule has 1 fully saturated rings. The lowest BCUT2D eigenvalue weighted by molar-refractivity contribution is 0.0903. The molecule has 2 aromatic rings. The normalized spacial score (nSPS) is 20.6. The highest BCUT2D eigenvalue weighted by atomic mass is 15.3. The highest BCUT2D eigenvalue weighted by Gasteiger charge is 2.25. The van der Waals surface area contributed by atoms with Crippen LogP contribution in [0.2, 0.25) is 0 Å². The standard InChI is InChI=1S/C17H22N4/c1-14-18-10-15(11-19-14)12-21-9-8-20(2)17(13-21)16-6-4-3-5-7-16/h3-7,10-11,17H,8-9,12-13H2,1-2H3/t17-/m0/s1. The number of hydrogen-bond donors (Lipinski definition) is 0. The molecule has 4 heteroatoms. The van der Waals surface area contributed by atoms with E-state index < -0.39 is 0 Å². The summed E-state index contributed by atoms with van der Waals surface area (Å²) >= 11 is 0. The third-order valence-electron chi connectivity index (χ3n) is 4.16. The first-order valence-electron chi connectivity index (χ1n) is 7.47. The molecule has 0 amide bonds. The van der Waals surface area contributed by atoms with Crippen molar-refractivity contribution < 1.29 is 0 Å². The molecule has 1 aromatic heterocycles. The van der Waals surface area contributed by atoms with Crippen LogP contribution in [0, 0.1) is 6.92 Å². The van der Waals surface area contributed by atoms with Crippen LogP contribution in [0.1, 0.15) is 23.0 Å². The van der Waals surface area contributed by atoms with Gasteiger partial charge in [0.2, 0.25) is 0 Å². The highest BCUT2D eigenvalue weighted by molar-refractivity contribution is 5.20. The zero-order valence-electron chi connectivity index (χ0n) is 12.7. The summed E-state index contributed by atoms with van der Waals surface area (Å²) in [6.45, 7) is 6.08. The second-order valence-electron chi connectivity index (χ2n) is 5.78. The van der Waals surface area contributed by atoms with Crippen LogP contribution in [0.4, 0.5) is 0 Å². The SMILES string of the molecule is Cc1ncc(CN2CCN(C)[C@H](c3ccccc3)C2)cn1. The van der Waals surface area contributed by atoms with Crippen molar-refractivity contribution in [2.24, 2.45) is 0 Å². The molecule has 1 aromatic carbocycles. The first-order valence-corrected chi connectivity index (χ1v) is 7.47. The predicted octanol–water partition coefficient (Wildman–Crippen LogP) is 2.27. The van der Waals surface area contributed by atoms with Crippen molar-refractivity contribution in [3.8, 4) is 0 Å². The third-order valence-corrected chi connectivity index (χ3v) is 4.16. The molecule has 21 heavy (non-hydrogen) atoms. The minimum atomic E-state index is 0.464. The Morgan fingerprint density at radius 3 is 2.52 bits per heavy atom. The summed E-state index contributed by atoms with van der Waals surface area (Å²) in [6.07, 6.45) is 3.89. The van der Waals surface area contributed by atoms with E-state index in [2.05, 4.69) is 57.1 Å². The van der Waals surface area contributed by atoms with Crippen molar-refractivity contribution in [2.75, 3.05) is 26.7 Å². The van der Waals surface area contributed by atoms with Crippen molar-refractivity contribution in [3.05, 3.63) is 59.7 Å². The van der Waals surface area contributed by atoms with Crippen LogP contribution < -0.4 is 0 Å². The summed E-state index contributed by atoms with van der Waals surface area (Å²) < 4.78 is 0. The van der Waals surface area contributed by atoms with Crippen LogP contribution in [0.5, 0.6) is 0 Å². The van der Waals surface area contributed by atoms with E-state index in [1.165, 1.54) is 11.1 Å². The molecular formula is C17H22N4. The minimum absolute atomic E-state index is 0.464. The Bertz CT molecular complexity index is 567. The summed E-state index contributed by atoms with van der Waals surface area (Å²) in [5.41, 5.74) is 2.59. The molecule has 0 unspecified atom stereocenters. The van der Waals surface area contributed by atoms with Gasteiger partial charge in [-0.1, -0.05) is 30.3 Å². The Morgan fingerprint density at radius 1 is 1.10 bits per heavy atom. The van der Waals surface area contributed by atoms with Crippen molar-refractivity contribution in [1.82, 2.24) is 19.8 Å². The molecule has 0 spiro atoms. The minimum Gasteiger partial charge on any atom is -0.297 e. The molecule has 1 saturated heterocycles. The van der Waals surface area contributed by atoms with Gasteiger partial charge in [0.1, 0.15) is 5.82 Å². The molecule has 1 atom stereocenters. The van der Waals surface area contributed by atoms with E-state index in [-0.39, 0.29) is 0 Å². The van der Waals surface area contributed by atoms with E-state index in [1.54, 1.807) is 0 Å². The van der Waals surface area contributed by atoms with Gasteiger partial charge in [0.15, 0.2) is 0 Å². The summed E-state index contributed by atoms with van der Waals surface area (Å²) in [6, 6.07) is 11.2. The molecule has 0 aliphatic carbocycles. The maximum atomic E-state index is 4.29. The van der Waals surface area contributed by atoms with Gasteiger partial charge in [0.25, 0.3) is 0 Å². The second kappa shape index (κ2) is 6.33. The fourth-order valence-electron chi connectivity index (χ4n) is 2.87. The van der Waals surface area contributed by atoms with Gasteiger partial charge in [-0.2, -0.15) is 0 Å². The molecule has 1 aliphatic rings. The van der Waals surface area contributed by atoms with Crippen LogP contribution in [-0.2, 0) is 6.54 Å². The number of nitrogens with zero attached hydrogens (tertiary/aromatic N) is 4. The van der Waals surface area contributed by atoms with Crippen molar-refractivity contribution >= 4 is 0 Å². The smallest absolute Gasteiger partial charge is 0.125 e. The summed E-state index contributed by atoms with van der Waals surface area (Å²) in [4.78, 5) is 13.5. The van der Waals surface area contributed by atoms with E-state index in [0.717, 1.165) is 32.0 Å². The van der Waals surface area contributed by atoms with E-state index in [1.807, 2.05) is 19.3 Å². The first-order chi connectivity index (χ1) is 10.2. The lowest BCUT2D eigenvalue weighted by Crippen LogP contribution is -2.46. The number of hydrogen-bond acceptors (Lipinski definition) is 4. The molecule has 0 bridgehead atoms. The van der Waals surface area contributed by atoms with Crippen molar-refractivity contribution in [1.29, 1.82) is 0 Å². The van der Waals surface area contributed by atoms with Gasteiger partial charge < -0.3 is 0 Å². The lowest BCUT2D eigenvalue weighted by Gasteiger charge is -2.39. The molecule has 0 N–H and O–H groups in total. The van der Waals surface area contributed by atoms with Gasteiger partial charge in [0.05, 0.1) is 0 Å². The molecule has 110 valence electrons. The third kappa shape index (κ3) is 3.46. The van der Waals surface area contributed by atoms with Gasteiger partial charge >= 0.3 is 0 Å². The lowest BCUT2D eigenvalue weighted by atomic mass is 10.0. The van der Waals surface area contributed by atoms with Gasteiger partial charge in [-0.05, 0) is 19.5 Å². The molecule has 0 radical (unpaired) electrons.